The number of nitrogens with zero attached hydrogens (tertiary/aromatic N) is 4. The zero-order chi connectivity index (χ0) is 17.1. The van der Waals surface area contributed by atoms with Gasteiger partial charge in [-0.25, -0.2) is 4.98 Å². The first kappa shape index (κ1) is 15.9. The Morgan fingerprint density at radius 2 is 2.12 bits per heavy atom. The van der Waals surface area contributed by atoms with Crippen LogP contribution in [-0.4, -0.2) is 33.4 Å². The lowest BCUT2D eigenvalue weighted by Gasteiger charge is -2.15. The van der Waals surface area contributed by atoms with E-state index in [1.807, 2.05) is 48.1 Å². The second kappa shape index (κ2) is 6.67. The third-order valence-electron chi connectivity index (χ3n) is 3.74. The number of aromatic nitrogens is 2. The molecule has 24 heavy (non-hydrogen) atoms. The maximum absolute atomic E-state index is 11.1. The normalized spacial score (nSPS) is 11.1. The number of methoxy groups -OCH3 is 1. The molecule has 2 heterocycles. The van der Waals surface area contributed by atoms with Gasteiger partial charge in [0.2, 0.25) is 0 Å². The number of imidazole rings is 1. The van der Waals surface area contributed by atoms with Crippen LogP contribution in [0.2, 0.25) is 0 Å². The molecule has 2 aromatic heterocycles. The van der Waals surface area contributed by atoms with Crippen LogP contribution >= 0.6 is 0 Å². The molecule has 0 atom stereocenters. The highest BCUT2D eigenvalue weighted by Gasteiger charge is 2.16. The maximum Gasteiger partial charge on any atom is 0.311 e. The van der Waals surface area contributed by atoms with Crippen molar-refractivity contribution in [3.8, 4) is 5.75 Å². The summed E-state index contributed by atoms with van der Waals surface area (Å²) in [5, 5.41) is 11.1. The van der Waals surface area contributed by atoms with Crippen LogP contribution in [0.3, 0.4) is 0 Å². The molecule has 3 rings (SSSR count). The Labute approximate surface area is 139 Å². The van der Waals surface area contributed by atoms with Gasteiger partial charge in [-0.3, -0.25) is 15.0 Å². The molecular formula is C17H18N4O3. The molecule has 0 fully saturated rings. The molecule has 7 heteroatoms. The summed E-state index contributed by atoms with van der Waals surface area (Å²) in [6.07, 6.45) is 3.95. The standard InChI is InChI=1S/C17H18N4O3/c1-19(11-14-12-20-8-4-3-5-17(20)18-14)10-13-6-7-16(24-2)15(9-13)21(22)23/h3-9,12H,10-11H2,1-2H3. The monoisotopic (exact) mass is 326 g/mol. The summed E-state index contributed by atoms with van der Waals surface area (Å²) in [6, 6.07) is 10.9. The molecule has 0 amide bonds. The first-order valence-electron chi connectivity index (χ1n) is 7.49. The lowest BCUT2D eigenvalue weighted by Crippen LogP contribution is -2.17. The molecule has 0 bridgehead atoms. The number of hydrogen-bond acceptors (Lipinski definition) is 5. The Kier molecular flexibility index (Phi) is 4.43. The second-order valence-electron chi connectivity index (χ2n) is 5.63. The molecule has 124 valence electrons. The molecule has 0 aliphatic rings. The number of rotatable bonds is 6. The Hall–Kier alpha value is -2.93. The van der Waals surface area contributed by atoms with Crippen molar-refractivity contribution in [3.05, 3.63) is 70.2 Å². The summed E-state index contributed by atoms with van der Waals surface area (Å²) >= 11 is 0. The molecule has 0 spiro atoms. The van der Waals surface area contributed by atoms with Crippen LogP contribution in [0.5, 0.6) is 5.75 Å². The van der Waals surface area contributed by atoms with Gasteiger partial charge in [0.05, 0.1) is 17.7 Å². The smallest absolute Gasteiger partial charge is 0.311 e. The summed E-state index contributed by atoms with van der Waals surface area (Å²) in [5.41, 5.74) is 2.69. The Balaban J connectivity index is 1.73. The van der Waals surface area contributed by atoms with Crippen molar-refractivity contribution < 1.29 is 9.66 Å². The van der Waals surface area contributed by atoms with Crippen LogP contribution in [-0.2, 0) is 13.1 Å². The van der Waals surface area contributed by atoms with E-state index in [1.54, 1.807) is 12.1 Å². The second-order valence-corrected chi connectivity index (χ2v) is 5.63. The topological polar surface area (TPSA) is 72.9 Å². The fourth-order valence-electron chi connectivity index (χ4n) is 2.68. The van der Waals surface area contributed by atoms with Gasteiger partial charge in [0, 0.05) is 31.5 Å². The van der Waals surface area contributed by atoms with Crippen molar-refractivity contribution in [1.82, 2.24) is 14.3 Å². The Morgan fingerprint density at radius 1 is 1.29 bits per heavy atom. The quantitative estimate of drug-likeness (QED) is 0.514. The predicted molar refractivity (Wildman–Crippen MR) is 90.0 cm³/mol. The molecule has 7 nitrogen and oxygen atoms in total. The van der Waals surface area contributed by atoms with Gasteiger partial charge in [-0.15, -0.1) is 0 Å². The van der Waals surface area contributed by atoms with Gasteiger partial charge in [0.15, 0.2) is 5.75 Å². The van der Waals surface area contributed by atoms with Crippen LogP contribution in [0.4, 0.5) is 5.69 Å². The lowest BCUT2D eigenvalue weighted by atomic mass is 10.1. The summed E-state index contributed by atoms with van der Waals surface area (Å²) in [7, 11) is 3.39. The van der Waals surface area contributed by atoms with Gasteiger partial charge in [0.1, 0.15) is 5.65 Å². The highest BCUT2D eigenvalue weighted by Crippen LogP contribution is 2.28. The first-order valence-corrected chi connectivity index (χ1v) is 7.49. The minimum absolute atomic E-state index is 0.0175. The van der Waals surface area contributed by atoms with Crippen LogP contribution in [0, 0.1) is 10.1 Å². The van der Waals surface area contributed by atoms with Gasteiger partial charge in [-0.2, -0.15) is 0 Å². The number of nitro benzene ring substituents is 1. The predicted octanol–water partition coefficient (Wildman–Crippen LogP) is 2.88. The van der Waals surface area contributed by atoms with Crippen molar-refractivity contribution in [3.63, 3.8) is 0 Å². The Morgan fingerprint density at radius 3 is 2.83 bits per heavy atom. The molecular weight excluding hydrogens is 308 g/mol. The van der Waals surface area contributed by atoms with Gasteiger partial charge in [0.25, 0.3) is 0 Å². The highest BCUT2D eigenvalue weighted by atomic mass is 16.6. The van der Waals surface area contributed by atoms with Crippen LogP contribution in [0.25, 0.3) is 5.65 Å². The van der Waals surface area contributed by atoms with Crippen molar-refractivity contribution in [2.45, 2.75) is 13.1 Å². The molecule has 1 aromatic carbocycles. The van der Waals surface area contributed by atoms with E-state index < -0.39 is 4.92 Å². The van der Waals surface area contributed by atoms with Gasteiger partial charge < -0.3 is 9.14 Å². The fourth-order valence-corrected chi connectivity index (χ4v) is 2.68. The van der Waals surface area contributed by atoms with E-state index in [1.165, 1.54) is 7.11 Å². The molecule has 3 aromatic rings. The average molecular weight is 326 g/mol. The lowest BCUT2D eigenvalue weighted by molar-refractivity contribution is -0.385. The van der Waals surface area contributed by atoms with Crippen LogP contribution < -0.4 is 4.74 Å². The SMILES string of the molecule is COc1ccc(CN(C)Cc2cn3ccccc3n2)cc1[N+](=O)[O-]. The van der Waals surface area contributed by atoms with Crippen molar-refractivity contribution in [2.24, 2.45) is 0 Å². The molecule has 0 radical (unpaired) electrons. The number of hydrogen-bond donors (Lipinski definition) is 0. The van der Waals surface area contributed by atoms with Gasteiger partial charge in [-0.1, -0.05) is 12.1 Å². The third-order valence-corrected chi connectivity index (χ3v) is 3.74. The summed E-state index contributed by atoms with van der Waals surface area (Å²) in [6.45, 7) is 1.24. The van der Waals surface area contributed by atoms with Crippen LogP contribution in [0.15, 0.2) is 48.8 Å². The number of fused-ring (bicyclic) bond motifs is 1. The van der Waals surface area contributed by atoms with E-state index in [4.69, 9.17) is 4.74 Å². The number of benzene rings is 1. The van der Waals surface area contributed by atoms with E-state index in [-0.39, 0.29) is 11.4 Å². The zero-order valence-electron chi connectivity index (χ0n) is 13.5. The average Bonchev–Trinajstić information content (AvgIpc) is 2.96. The molecule has 0 saturated heterocycles. The zero-order valence-corrected chi connectivity index (χ0v) is 13.5. The van der Waals surface area contributed by atoms with Gasteiger partial charge in [-0.05, 0) is 30.8 Å². The van der Waals surface area contributed by atoms with Crippen molar-refractivity contribution >= 4 is 11.3 Å². The van der Waals surface area contributed by atoms with E-state index in [0.29, 0.717) is 13.1 Å². The number of ether oxygens (including phenoxy) is 1. The molecule has 0 aliphatic carbocycles. The summed E-state index contributed by atoms with van der Waals surface area (Å²) in [5.74, 6) is 0.270. The third kappa shape index (κ3) is 3.36. The minimum Gasteiger partial charge on any atom is -0.490 e. The van der Waals surface area contributed by atoms with Gasteiger partial charge >= 0.3 is 5.69 Å². The van der Waals surface area contributed by atoms with E-state index in [0.717, 1.165) is 16.9 Å². The van der Waals surface area contributed by atoms with E-state index in [9.17, 15) is 10.1 Å². The first-order chi connectivity index (χ1) is 11.6. The molecule has 0 saturated carbocycles. The summed E-state index contributed by atoms with van der Waals surface area (Å²) < 4.78 is 7.00. The van der Waals surface area contributed by atoms with E-state index >= 15 is 0 Å². The number of pyridine rings is 1. The summed E-state index contributed by atoms with van der Waals surface area (Å²) in [4.78, 5) is 17.3. The molecule has 0 aliphatic heterocycles. The van der Waals surface area contributed by atoms with Crippen molar-refractivity contribution in [2.75, 3.05) is 14.2 Å². The molecule has 0 N–H and O–H groups in total. The highest BCUT2D eigenvalue weighted by molar-refractivity contribution is 5.48. The Bertz CT molecular complexity index is 842. The minimum atomic E-state index is -0.426. The maximum atomic E-state index is 11.1. The largest absolute Gasteiger partial charge is 0.490 e. The van der Waals surface area contributed by atoms with E-state index in [2.05, 4.69) is 9.88 Å². The number of nitro groups is 1. The van der Waals surface area contributed by atoms with Crippen molar-refractivity contribution in [1.29, 1.82) is 0 Å². The van der Waals surface area contributed by atoms with Crippen LogP contribution in [0.1, 0.15) is 11.3 Å². The fraction of sp³-hybridized carbons (Fsp3) is 0.235. The molecule has 0 unspecified atom stereocenters.